The summed E-state index contributed by atoms with van der Waals surface area (Å²) in [5, 5.41) is 0. The molecule has 75 heavy (non-hydrogen) atoms. The normalized spacial score (nSPS) is 52.8. The van der Waals surface area contributed by atoms with E-state index in [1.54, 1.807) is 14.2 Å². The fraction of sp³-hybridized carbons (Fsp3) is 0.701. The summed E-state index contributed by atoms with van der Waals surface area (Å²) in [4.78, 5) is 6.00. The molecule has 0 aromatic heterocycles. The van der Waals surface area contributed by atoms with Gasteiger partial charge in [0.05, 0.1) is 59.9 Å². The highest BCUT2D eigenvalue weighted by Gasteiger charge is 2.88. The topological polar surface area (TPSA) is 61.9 Å². The number of para-hydroxylation sites is 2. The number of hydrogen-bond acceptors (Lipinski definition) is 8. The van der Waals surface area contributed by atoms with Crippen molar-refractivity contribution < 1.29 is 28.4 Å². The maximum atomic E-state index is 6.51. The van der Waals surface area contributed by atoms with Gasteiger partial charge in [0.1, 0.15) is 11.5 Å². The highest BCUT2D eigenvalue weighted by Crippen LogP contribution is 2.93. The van der Waals surface area contributed by atoms with Crippen molar-refractivity contribution in [1.82, 2.24) is 9.80 Å². The Bertz CT molecular complexity index is 3030. The second kappa shape index (κ2) is 14.6. The number of hydrogen-bond donors (Lipinski definition) is 0. The summed E-state index contributed by atoms with van der Waals surface area (Å²) in [6.45, 7) is 8.56. The zero-order valence-electron chi connectivity index (χ0n) is 44.8. The molecule has 18 aliphatic rings. The van der Waals surface area contributed by atoms with E-state index in [1.807, 2.05) is 30.9 Å². The first-order valence-corrected chi connectivity index (χ1v) is 30.8. The molecular weight excluding hydrogens is 929 g/mol. The molecule has 2 heterocycles. The number of likely N-dealkylation sites (tertiary alicyclic amines) is 2. The van der Waals surface area contributed by atoms with Gasteiger partial charge in [-0.1, -0.05) is 64.8 Å². The lowest BCUT2D eigenvalue weighted by molar-refractivity contribution is -0.132. The molecule has 2 aromatic rings. The van der Waals surface area contributed by atoms with Crippen molar-refractivity contribution in [2.75, 3.05) is 94.3 Å². The van der Waals surface area contributed by atoms with Crippen LogP contribution in [0.5, 0.6) is 11.5 Å². The first kappa shape index (κ1) is 43.6. The summed E-state index contributed by atoms with van der Waals surface area (Å²) in [6, 6.07) is 19.3. The molecule has 27 atom stereocenters. The van der Waals surface area contributed by atoms with Crippen LogP contribution in [0.1, 0.15) is 61.7 Å². The first-order chi connectivity index (χ1) is 37.1. The van der Waals surface area contributed by atoms with Gasteiger partial charge in [-0.15, -0.1) is 0 Å². The molecule has 0 amide bonds. The van der Waals surface area contributed by atoms with Crippen LogP contribution in [0.3, 0.4) is 0 Å². The quantitative estimate of drug-likeness (QED) is 0.122. The van der Waals surface area contributed by atoms with Crippen LogP contribution in [0.4, 0.5) is 0 Å². The maximum Gasteiger partial charge on any atom is 0.123 e. The van der Waals surface area contributed by atoms with Crippen LogP contribution in [0.2, 0.25) is 0 Å². The highest BCUT2D eigenvalue weighted by molar-refractivity contribution is 5.66. The Labute approximate surface area is 444 Å². The van der Waals surface area contributed by atoms with Gasteiger partial charge in [0.15, 0.2) is 0 Å². The Morgan fingerprint density at radius 2 is 1.20 bits per heavy atom. The smallest absolute Gasteiger partial charge is 0.123 e. The monoisotopic (exact) mass is 1010 g/mol. The summed E-state index contributed by atoms with van der Waals surface area (Å²) in [6.07, 6.45) is 11.6. The summed E-state index contributed by atoms with van der Waals surface area (Å²) in [7, 11) is 7.50. The molecule has 2 aromatic carbocycles. The highest BCUT2D eigenvalue weighted by atomic mass is 16.5. The van der Waals surface area contributed by atoms with Crippen molar-refractivity contribution in [2.45, 2.75) is 50.6 Å². The second-order valence-electron chi connectivity index (χ2n) is 28.9. The van der Waals surface area contributed by atoms with Crippen molar-refractivity contribution in [3.05, 3.63) is 105 Å². The molecule has 27 unspecified atom stereocenters. The van der Waals surface area contributed by atoms with E-state index in [-0.39, 0.29) is 16.9 Å². The molecule has 11 saturated carbocycles. The van der Waals surface area contributed by atoms with Crippen molar-refractivity contribution >= 4 is 0 Å². The molecule has 20 rings (SSSR count). The molecule has 8 nitrogen and oxygen atoms in total. The van der Waals surface area contributed by atoms with Crippen molar-refractivity contribution in [2.24, 2.45) is 147 Å². The van der Waals surface area contributed by atoms with Gasteiger partial charge < -0.3 is 28.4 Å². The van der Waals surface area contributed by atoms with E-state index < -0.39 is 0 Å². The lowest BCUT2D eigenvalue weighted by Gasteiger charge is -2.61. The number of rotatable bonds is 16. The average molecular weight is 1010 g/mol. The van der Waals surface area contributed by atoms with E-state index in [0.717, 1.165) is 162 Å². The minimum atomic E-state index is 0.118. The van der Waals surface area contributed by atoms with Crippen LogP contribution in [-0.4, -0.2) is 104 Å². The van der Waals surface area contributed by atoms with E-state index in [1.165, 1.54) is 62.7 Å². The molecule has 13 fully saturated rings. The molecule has 8 heteroatoms. The Kier molecular flexibility index (Phi) is 8.47. The van der Waals surface area contributed by atoms with Gasteiger partial charge in [-0.05, 0) is 198 Å². The SMILES string of the molecule is COCCOCCN1CC23CC4CC5=CC6CC78C9=C%10C%11=C(CC%12CC%13CC(=C2C1c1ccccc1OC)C1C2C%13C%12C%11C%11C%10C%10C(C96)C5C5C%10C(C%112)C1C3C45)C7CN(CCOCCOC)C8c1ccccc1OC. The van der Waals surface area contributed by atoms with Crippen LogP contribution in [0.25, 0.3) is 0 Å². The van der Waals surface area contributed by atoms with Gasteiger partial charge in [-0.25, -0.2) is 0 Å². The van der Waals surface area contributed by atoms with Crippen LogP contribution >= 0.6 is 0 Å². The molecule has 0 radical (unpaired) electrons. The summed E-state index contributed by atoms with van der Waals surface area (Å²) >= 11 is 0. The average Bonchev–Trinajstić information content (AvgIpc) is 4.44. The lowest BCUT2D eigenvalue weighted by atomic mass is 9.43. The lowest BCUT2D eigenvalue weighted by Crippen LogP contribution is -2.58. The number of nitrogens with zero attached hydrogens (tertiary/aromatic N) is 2. The molecule has 392 valence electrons. The zero-order chi connectivity index (χ0) is 48.9. The van der Waals surface area contributed by atoms with Crippen molar-refractivity contribution in [3.63, 3.8) is 0 Å². The first-order valence-electron chi connectivity index (χ1n) is 30.8. The third kappa shape index (κ3) is 4.60. The van der Waals surface area contributed by atoms with Gasteiger partial charge in [0.25, 0.3) is 0 Å². The number of benzene rings is 2. The van der Waals surface area contributed by atoms with Crippen LogP contribution < -0.4 is 9.47 Å². The number of methoxy groups -OCH3 is 4. The third-order valence-corrected chi connectivity index (χ3v) is 28.2. The minimum Gasteiger partial charge on any atom is -0.496 e. The molecular formula is C67H78N2O6. The minimum absolute atomic E-state index is 0.118. The Balaban J connectivity index is 0.830. The summed E-state index contributed by atoms with van der Waals surface area (Å²) < 4.78 is 36.9. The van der Waals surface area contributed by atoms with Gasteiger partial charge in [0.2, 0.25) is 0 Å². The summed E-state index contributed by atoms with van der Waals surface area (Å²) in [5.74, 6) is 21.7. The maximum absolute atomic E-state index is 6.51. The summed E-state index contributed by atoms with van der Waals surface area (Å²) in [5.41, 5.74) is 17.6. The van der Waals surface area contributed by atoms with E-state index in [4.69, 9.17) is 28.4 Å². The Hall–Kier alpha value is -3.24. The molecule has 0 N–H and O–H groups in total. The van der Waals surface area contributed by atoms with E-state index >= 15 is 0 Å². The Morgan fingerprint density at radius 1 is 0.533 bits per heavy atom. The molecule has 2 spiro atoms. The van der Waals surface area contributed by atoms with Gasteiger partial charge >= 0.3 is 0 Å². The number of ether oxygens (including phenoxy) is 6. The van der Waals surface area contributed by atoms with E-state index in [2.05, 4.69) is 86.7 Å². The third-order valence-electron chi connectivity index (χ3n) is 28.2. The van der Waals surface area contributed by atoms with E-state index in [9.17, 15) is 0 Å². The fourth-order valence-electron chi connectivity index (χ4n) is 28.5. The molecule has 0 bridgehead atoms. The predicted molar refractivity (Wildman–Crippen MR) is 282 cm³/mol. The van der Waals surface area contributed by atoms with Crippen molar-refractivity contribution in [1.29, 1.82) is 0 Å². The van der Waals surface area contributed by atoms with Gasteiger partial charge in [-0.2, -0.15) is 0 Å². The molecule has 16 aliphatic carbocycles. The molecule has 2 saturated heterocycles. The largest absolute Gasteiger partial charge is 0.496 e. The van der Waals surface area contributed by atoms with Gasteiger partial charge in [0, 0.05) is 74.3 Å². The van der Waals surface area contributed by atoms with Gasteiger partial charge in [-0.3, -0.25) is 9.80 Å². The fourth-order valence-corrected chi connectivity index (χ4v) is 28.5. The Morgan fingerprint density at radius 3 is 2.00 bits per heavy atom. The van der Waals surface area contributed by atoms with Crippen molar-refractivity contribution in [3.8, 4) is 11.5 Å². The van der Waals surface area contributed by atoms with Crippen LogP contribution in [0, 0.1) is 147 Å². The predicted octanol–water partition coefficient (Wildman–Crippen LogP) is 9.96. The zero-order valence-corrected chi connectivity index (χ0v) is 44.8. The standard InChI is InChI=1S/C67H78N2O6/c1-70-17-19-74-15-13-68-28-39-37-24-31-21-32-25-38-48-52-43(32)42(31)51-47(37)60-58-54-50-44-30(23-34-27-67(39,63(60)46(34)50)65(68)36-10-6-8-12-41(36)73-4)22-33-26-66(62-45(33)49(44)53(54)57(59(48)62)56(52)55(51)58)29-69(14-16-75-20-18-71-2)64(61(38)66)35-9-5-7-11-40(35)72-3/h5-12,23,31-34,39,42-46,48-59,62,64-65H,13-22,24-29H2,1-4H3. The van der Waals surface area contributed by atoms with E-state index in [0.29, 0.717) is 44.3 Å². The second-order valence-corrected chi connectivity index (χ2v) is 28.9. The number of allylic oxidation sites excluding steroid dienone is 5. The number of fused-ring (bicyclic) bond motifs is 1. The molecule has 2 aliphatic heterocycles. The van der Waals surface area contributed by atoms with Crippen LogP contribution in [-0.2, 0) is 18.9 Å². The van der Waals surface area contributed by atoms with Crippen LogP contribution in [0.15, 0.2) is 93.6 Å².